The van der Waals surface area contributed by atoms with Gasteiger partial charge in [0.2, 0.25) is 0 Å². The minimum atomic E-state index is -3.67. The molecule has 1 unspecified atom stereocenters. The molecule has 0 radical (unpaired) electrons. The second kappa shape index (κ2) is 6.58. The van der Waals surface area contributed by atoms with Crippen LogP contribution in [-0.4, -0.2) is 43.2 Å². The second-order valence-corrected chi connectivity index (χ2v) is 7.50. The molecule has 1 atom stereocenters. The van der Waals surface area contributed by atoms with Crippen LogP contribution in [0.1, 0.15) is 18.4 Å². The van der Waals surface area contributed by atoms with Crippen LogP contribution in [0, 0.1) is 5.82 Å². The molecule has 1 aliphatic heterocycles. The average Bonchev–Trinajstić information content (AvgIpc) is 2.92. The number of rotatable bonds is 5. The maximum Gasteiger partial charge on any atom is 0.282 e. The number of hydrogen-bond acceptors (Lipinski definition) is 3. The van der Waals surface area contributed by atoms with E-state index < -0.39 is 16.0 Å². The Balaban J connectivity index is 2.21. The molecule has 1 fully saturated rings. The van der Waals surface area contributed by atoms with Crippen molar-refractivity contribution in [1.82, 2.24) is 8.61 Å². The van der Waals surface area contributed by atoms with Gasteiger partial charge in [0.05, 0.1) is 0 Å². The molecular formula is C13H19ClFN3O2S. The molecular weight excluding hydrogens is 317 g/mol. The summed E-state index contributed by atoms with van der Waals surface area (Å²) in [5.41, 5.74) is 5.79. The SMILES string of the molecule is CN(Cc1c(F)cccc1Cl)S(=O)(=O)N1CCCC1CN. The standard InChI is InChI=1S/C13H19ClFN3O2S/c1-17(9-11-12(14)5-2-6-13(11)15)21(19,20)18-7-3-4-10(18)8-16/h2,5-6,10H,3-4,7-9,16H2,1H3. The van der Waals surface area contributed by atoms with E-state index in [4.69, 9.17) is 17.3 Å². The number of nitrogens with zero attached hydrogens (tertiary/aromatic N) is 2. The van der Waals surface area contributed by atoms with Crippen molar-refractivity contribution in [2.45, 2.75) is 25.4 Å². The fraction of sp³-hybridized carbons (Fsp3) is 0.538. The lowest BCUT2D eigenvalue weighted by atomic mass is 10.2. The molecule has 118 valence electrons. The molecule has 2 rings (SSSR count). The van der Waals surface area contributed by atoms with Gasteiger partial charge in [-0.1, -0.05) is 17.7 Å². The van der Waals surface area contributed by atoms with Crippen LogP contribution < -0.4 is 5.73 Å². The summed E-state index contributed by atoms with van der Waals surface area (Å²) in [6, 6.07) is 4.10. The third-order valence-electron chi connectivity index (χ3n) is 3.73. The van der Waals surface area contributed by atoms with Crippen molar-refractivity contribution in [1.29, 1.82) is 0 Å². The monoisotopic (exact) mass is 335 g/mol. The Labute approximate surface area is 129 Å². The minimum absolute atomic E-state index is 0.109. The quantitative estimate of drug-likeness (QED) is 0.888. The van der Waals surface area contributed by atoms with Gasteiger partial charge in [-0.2, -0.15) is 17.0 Å². The Morgan fingerprint density at radius 1 is 1.52 bits per heavy atom. The lowest BCUT2D eigenvalue weighted by Gasteiger charge is -2.28. The van der Waals surface area contributed by atoms with E-state index in [0.717, 1.165) is 17.1 Å². The van der Waals surface area contributed by atoms with Crippen LogP contribution >= 0.6 is 11.6 Å². The van der Waals surface area contributed by atoms with Crippen LogP contribution in [0.3, 0.4) is 0 Å². The maximum atomic E-state index is 13.8. The van der Waals surface area contributed by atoms with Gasteiger partial charge >= 0.3 is 0 Å². The van der Waals surface area contributed by atoms with Crippen molar-refractivity contribution < 1.29 is 12.8 Å². The van der Waals surface area contributed by atoms with Crippen molar-refractivity contribution in [2.24, 2.45) is 5.73 Å². The molecule has 0 saturated carbocycles. The lowest BCUT2D eigenvalue weighted by Crippen LogP contribution is -2.46. The van der Waals surface area contributed by atoms with E-state index in [1.54, 1.807) is 6.07 Å². The number of hydrogen-bond donors (Lipinski definition) is 1. The molecule has 0 aromatic heterocycles. The predicted molar refractivity (Wildman–Crippen MR) is 80.6 cm³/mol. The second-order valence-electron chi connectivity index (χ2n) is 5.11. The molecule has 1 aromatic carbocycles. The minimum Gasteiger partial charge on any atom is -0.329 e. The predicted octanol–water partition coefficient (Wildman–Crippen LogP) is 1.58. The fourth-order valence-electron chi connectivity index (χ4n) is 2.52. The van der Waals surface area contributed by atoms with Gasteiger partial charge < -0.3 is 5.73 Å². The maximum absolute atomic E-state index is 13.8. The van der Waals surface area contributed by atoms with Gasteiger partial charge in [0.15, 0.2) is 0 Å². The molecule has 0 aliphatic carbocycles. The highest BCUT2D eigenvalue weighted by atomic mass is 35.5. The van der Waals surface area contributed by atoms with Gasteiger partial charge in [0.25, 0.3) is 10.2 Å². The molecule has 1 heterocycles. The smallest absolute Gasteiger partial charge is 0.282 e. The van der Waals surface area contributed by atoms with Crippen LogP contribution in [-0.2, 0) is 16.8 Å². The Morgan fingerprint density at radius 2 is 2.24 bits per heavy atom. The van der Waals surface area contributed by atoms with Crippen molar-refractivity contribution in [3.63, 3.8) is 0 Å². The third-order valence-corrected chi connectivity index (χ3v) is 6.07. The molecule has 1 saturated heterocycles. The summed E-state index contributed by atoms with van der Waals surface area (Å²) >= 11 is 5.94. The lowest BCUT2D eigenvalue weighted by molar-refractivity contribution is 0.342. The summed E-state index contributed by atoms with van der Waals surface area (Å²) in [5.74, 6) is -0.513. The first kappa shape index (κ1) is 16.6. The normalized spacial score (nSPS) is 20.3. The van der Waals surface area contributed by atoms with E-state index in [-0.39, 0.29) is 29.7 Å². The number of halogens is 2. The van der Waals surface area contributed by atoms with Gasteiger partial charge in [-0.25, -0.2) is 4.39 Å². The first-order valence-electron chi connectivity index (χ1n) is 6.74. The van der Waals surface area contributed by atoms with E-state index in [0.29, 0.717) is 6.54 Å². The van der Waals surface area contributed by atoms with Crippen LogP contribution in [0.15, 0.2) is 18.2 Å². The molecule has 1 aliphatic rings. The van der Waals surface area contributed by atoms with Crippen LogP contribution in [0.4, 0.5) is 4.39 Å². The Bertz CT molecular complexity index is 591. The Morgan fingerprint density at radius 3 is 2.86 bits per heavy atom. The van der Waals surface area contributed by atoms with E-state index in [2.05, 4.69) is 0 Å². The van der Waals surface area contributed by atoms with E-state index in [1.807, 2.05) is 0 Å². The highest BCUT2D eigenvalue weighted by Gasteiger charge is 2.36. The van der Waals surface area contributed by atoms with E-state index in [9.17, 15) is 12.8 Å². The summed E-state index contributed by atoms with van der Waals surface area (Å²) in [7, 11) is -2.25. The van der Waals surface area contributed by atoms with Crippen LogP contribution in [0.5, 0.6) is 0 Å². The summed E-state index contributed by atoms with van der Waals surface area (Å²) in [6.07, 6.45) is 1.54. The first-order chi connectivity index (χ1) is 9.87. The highest BCUT2D eigenvalue weighted by Crippen LogP contribution is 2.25. The zero-order chi connectivity index (χ0) is 15.6. The fourth-order valence-corrected chi connectivity index (χ4v) is 4.32. The summed E-state index contributed by atoms with van der Waals surface area (Å²) in [4.78, 5) is 0. The zero-order valence-corrected chi connectivity index (χ0v) is 13.4. The molecule has 0 spiro atoms. The van der Waals surface area contributed by atoms with Crippen molar-refractivity contribution >= 4 is 21.8 Å². The van der Waals surface area contributed by atoms with Gasteiger partial charge in [-0.05, 0) is 25.0 Å². The van der Waals surface area contributed by atoms with Crippen LogP contribution in [0.25, 0.3) is 0 Å². The van der Waals surface area contributed by atoms with Gasteiger partial charge in [0.1, 0.15) is 5.82 Å². The topological polar surface area (TPSA) is 66.6 Å². The molecule has 8 heteroatoms. The van der Waals surface area contributed by atoms with E-state index in [1.165, 1.54) is 23.5 Å². The van der Waals surface area contributed by atoms with Crippen molar-refractivity contribution in [3.8, 4) is 0 Å². The number of benzene rings is 1. The van der Waals surface area contributed by atoms with Gasteiger partial charge in [0, 0.05) is 43.3 Å². The van der Waals surface area contributed by atoms with Gasteiger partial charge in [-0.15, -0.1) is 0 Å². The average molecular weight is 336 g/mol. The molecule has 0 bridgehead atoms. The molecule has 2 N–H and O–H groups in total. The van der Waals surface area contributed by atoms with E-state index >= 15 is 0 Å². The molecule has 1 aromatic rings. The van der Waals surface area contributed by atoms with Gasteiger partial charge in [-0.3, -0.25) is 0 Å². The Kier molecular flexibility index (Phi) is 5.21. The molecule has 5 nitrogen and oxygen atoms in total. The zero-order valence-electron chi connectivity index (χ0n) is 11.8. The highest BCUT2D eigenvalue weighted by molar-refractivity contribution is 7.86. The Hall–Kier alpha value is -0.730. The molecule has 21 heavy (non-hydrogen) atoms. The summed E-state index contributed by atoms with van der Waals surface area (Å²) in [5, 5.41) is 0.217. The first-order valence-corrected chi connectivity index (χ1v) is 8.51. The van der Waals surface area contributed by atoms with Crippen LogP contribution in [0.2, 0.25) is 5.02 Å². The summed E-state index contributed by atoms with van der Waals surface area (Å²) in [6.45, 7) is 0.620. The summed E-state index contributed by atoms with van der Waals surface area (Å²) < 4.78 is 41.4. The van der Waals surface area contributed by atoms with Crippen molar-refractivity contribution in [2.75, 3.05) is 20.1 Å². The largest absolute Gasteiger partial charge is 0.329 e. The molecule has 0 amide bonds. The van der Waals surface area contributed by atoms with Crippen molar-refractivity contribution in [3.05, 3.63) is 34.6 Å². The third kappa shape index (κ3) is 3.37. The number of nitrogens with two attached hydrogens (primary N) is 1.